The summed E-state index contributed by atoms with van der Waals surface area (Å²) in [7, 11) is 0. The van der Waals surface area contributed by atoms with E-state index in [4.69, 9.17) is 5.11 Å². The van der Waals surface area contributed by atoms with Crippen LogP contribution in [-0.2, 0) is 14.4 Å². The monoisotopic (exact) mass is 441 g/mol. The molecule has 2 amide bonds. The van der Waals surface area contributed by atoms with Gasteiger partial charge < -0.3 is 26.4 Å². The van der Waals surface area contributed by atoms with Crippen molar-refractivity contribution in [1.82, 2.24) is 26.2 Å². The average molecular weight is 442 g/mol. The SMILES string of the molecule is CCCCC(C)N[C@@H](CCC(=O)O)C(=O)NCCCNC(=O)[C@H](CN1CC1)NC(C)C. The van der Waals surface area contributed by atoms with Gasteiger partial charge in [0.25, 0.3) is 0 Å². The molecule has 1 aliphatic rings. The molecule has 0 aromatic carbocycles. The summed E-state index contributed by atoms with van der Waals surface area (Å²) >= 11 is 0. The van der Waals surface area contributed by atoms with Crippen LogP contribution in [-0.4, -0.2) is 84.7 Å². The van der Waals surface area contributed by atoms with Crippen LogP contribution in [0.25, 0.3) is 0 Å². The Morgan fingerprint density at radius 1 is 0.903 bits per heavy atom. The quantitative estimate of drug-likeness (QED) is 0.157. The van der Waals surface area contributed by atoms with E-state index in [0.717, 1.165) is 32.4 Å². The van der Waals surface area contributed by atoms with Crippen molar-refractivity contribution in [3.63, 3.8) is 0 Å². The van der Waals surface area contributed by atoms with Crippen LogP contribution in [0.15, 0.2) is 0 Å². The fourth-order valence-corrected chi connectivity index (χ4v) is 3.38. The van der Waals surface area contributed by atoms with Crippen molar-refractivity contribution < 1.29 is 19.5 Å². The summed E-state index contributed by atoms with van der Waals surface area (Å²) in [6.07, 6.45) is 3.91. The van der Waals surface area contributed by atoms with E-state index in [1.165, 1.54) is 0 Å². The zero-order chi connectivity index (χ0) is 23.2. The predicted molar refractivity (Wildman–Crippen MR) is 122 cm³/mol. The minimum atomic E-state index is -0.907. The lowest BCUT2D eigenvalue weighted by atomic mass is 10.1. The maximum atomic E-state index is 12.6. The van der Waals surface area contributed by atoms with E-state index in [1.54, 1.807) is 0 Å². The van der Waals surface area contributed by atoms with Gasteiger partial charge in [0, 0.05) is 51.2 Å². The molecule has 9 heteroatoms. The third-order valence-corrected chi connectivity index (χ3v) is 5.22. The van der Waals surface area contributed by atoms with Crippen molar-refractivity contribution in [3.8, 4) is 0 Å². The number of rotatable bonds is 18. The lowest BCUT2D eigenvalue weighted by Gasteiger charge is -2.23. The van der Waals surface area contributed by atoms with E-state index in [1.807, 2.05) is 20.8 Å². The maximum Gasteiger partial charge on any atom is 0.303 e. The van der Waals surface area contributed by atoms with E-state index in [9.17, 15) is 14.4 Å². The molecule has 5 N–H and O–H groups in total. The fourth-order valence-electron chi connectivity index (χ4n) is 3.38. The molecule has 1 saturated heterocycles. The van der Waals surface area contributed by atoms with Gasteiger partial charge in [0.1, 0.15) is 0 Å². The van der Waals surface area contributed by atoms with Crippen LogP contribution in [0.3, 0.4) is 0 Å². The van der Waals surface area contributed by atoms with E-state index in [-0.39, 0.29) is 42.8 Å². The normalized spacial score (nSPS) is 16.5. The number of carboxylic acids is 1. The number of hydrogen-bond donors (Lipinski definition) is 5. The standard InChI is InChI=1S/C22H43N5O4/c1-5-6-8-17(4)26-18(9-10-20(28)29)21(30)23-11-7-12-24-22(31)19(25-16(2)3)15-27-13-14-27/h16-19,25-26H,5-15H2,1-4H3,(H,23,30)(H,24,31)(H,28,29)/t17?,18-,19-/m0/s1. The molecule has 0 spiro atoms. The van der Waals surface area contributed by atoms with Crippen molar-refractivity contribution in [3.05, 3.63) is 0 Å². The minimum absolute atomic E-state index is 0.0160. The molecule has 0 aliphatic carbocycles. The average Bonchev–Trinajstić information content (AvgIpc) is 3.52. The van der Waals surface area contributed by atoms with Crippen molar-refractivity contribution >= 4 is 17.8 Å². The molecule has 0 saturated carbocycles. The first-order valence-electron chi connectivity index (χ1n) is 11.7. The summed E-state index contributed by atoms with van der Waals surface area (Å²) in [6.45, 7) is 11.9. The topological polar surface area (TPSA) is 123 Å². The first-order chi connectivity index (χ1) is 14.7. The molecule has 1 heterocycles. The van der Waals surface area contributed by atoms with Gasteiger partial charge in [-0.1, -0.05) is 33.6 Å². The number of nitrogens with one attached hydrogen (secondary N) is 4. The number of carbonyl (C=O) groups is 3. The fraction of sp³-hybridized carbons (Fsp3) is 0.864. The number of amides is 2. The minimum Gasteiger partial charge on any atom is -0.481 e. The number of unbranched alkanes of at least 4 members (excludes halogenated alkanes) is 1. The smallest absolute Gasteiger partial charge is 0.303 e. The van der Waals surface area contributed by atoms with Gasteiger partial charge in [-0.2, -0.15) is 0 Å². The van der Waals surface area contributed by atoms with Crippen molar-refractivity contribution in [2.45, 2.75) is 90.4 Å². The van der Waals surface area contributed by atoms with Crippen LogP contribution in [0.4, 0.5) is 0 Å². The Hall–Kier alpha value is -1.71. The molecule has 9 nitrogen and oxygen atoms in total. The van der Waals surface area contributed by atoms with Crippen LogP contribution in [0.1, 0.15) is 66.2 Å². The van der Waals surface area contributed by atoms with Gasteiger partial charge in [0.15, 0.2) is 0 Å². The second kappa shape index (κ2) is 15.2. The summed E-state index contributed by atoms with van der Waals surface area (Å²) in [6, 6.07) is -0.377. The predicted octanol–water partition coefficient (Wildman–Crippen LogP) is 0.693. The molecule has 180 valence electrons. The molecule has 1 fully saturated rings. The van der Waals surface area contributed by atoms with Crippen LogP contribution in [0.2, 0.25) is 0 Å². The molecule has 3 atom stereocenters. The summed E-state index contributed by atoms with van der Waals surface area (Å²) in [5.41, 5.74) is 0. The van der Waals surface area contributed by atoms with Crippen LogP contribution in [0.5, 0.6) is 0 Å². The third kappa shape index (κ3) is 13.3. The van der Waals surface area contributed by atoms with E-state index >= 15 is 0 Å². The van der Waals surface area contributed by atoms with Crippen molar-refractivity contribution in [2.24, 2.45) is 0 Å². The largest absolute Gasteiger partial charge is 0.481 e. The highest BCUT2D eigenvalue weighted by Crippen LogP contribution is 2.06. The Morgan fingerprint density at radius 2 is 1.52 bits per heavy atom. The third-order valence-electron chi connectivity index (χ3n) is 5.22. The highest BCUT2D eigenvalue weighted by Gasteiger charge is 2.27. The Kier molecular flexibility index (Phi) is 13.4. The van der Waals surface area contributed by atoms with E-state index < -0.39 is 12.0 Å². The summed E-state index contributed by atoms with van der Waals surface area (Å²) in [5.74, 6) is -1.11. The Bertz CT molecular complexity index is 550. The van der Waals surface area contributed by atoms with Gasteiger partial charge in [-0.15, -0.1) is 0 Å². The van der Waals surface area contributed by atoms with Crippen molar-refractivity contribution in [2.75, 3.05) is 32.7 Å². The van der Waals surface area contributed by atoms with Gasteiger partial charge >= 0.3 is 5.97 Å². The molecular weight excluding hydrogens is 398 g/mol. The summed E-state index contributed by atoms with van der Waals surface area (Å²) in [4.78, 5) is 38.1. The first kappa shape index (κ1) is 27.3. The Balaban J connectivity index is 2.35. The Morgan fingerprint density at radius 3 is 2.03 bits per heavy atom. The van der Waals surface area contributed by atoms with Crippen molar-refractivity contribution in [1.29, 1.82) is 0 Å². The molecule has 1 rings (SSSR count). The highest BCUT2D eigenvalue weighted by molar-refractivity contribution is 5.83. The summed E-state index contributed by atoms with van der Waals surface area (Å²) in [5, 5.41) is 21.4. The van der Waals surface area contributed by atoms with Gasteiger partial charge in [0.05, 0.1) is 12.1 Å². The molecule has 1 unspecified atom stereocenters. The number of hydrogen-bond acceptors (Lipinski definition) is 6. The number of nitrogens with zero attached hydrogens (tertiary/aromatic N) is 1. The second-order valence-electron chi connectivity index (χ2n) is 8.81. The summed E-state index contributed by atoms with van der Waals surface area (Å²) < 4.78 is 0. The lowest BCUT2D eigenvalue weighted by molar-refractivity contribution is -0.137. The molecule has 31 heavy (non-hydrogen) atoms. The number of carboxylic acid groups (broad SMARTS) is 1. The van der Waals surface area contributed by atoms with Gasteiger partial charge in [-0.05, 0) is 26.2 Å². The Labute approximate surface area is 187 Å². The van der Waals surface area contributed by atoms with Gasteiger partial charge in [-0.25, -0.2) is 0 Å². The van der Waals surface area contributed by atoms with Gasteiger partial charge in [-0.3, -0.25) is 19.3 Å². The maximum absolute atomic E-state index is 12.6. The lowest BCUT2D eigenvalue weighted by Crippen LogP contribution is -2.51. The molecule has 0 radical (unpaired) electrons. The van der Waals surface area contributed by atoms with Gasteiger partial charge in [0.2, 0.25) is 11.8 Å². The number of aliphatic carboxylic acids is 1. The van der Waals surface area contributed by atoms with E-state index in [0.29, 0.717) is 26.1 Å². The molecular formula is C22H43N5O4. The zero-order valence-corrected chi connectivity index (χ0v) is 19.7. The zero-order valence-electron chi connectivity index (χ0n) is 19.7. The van der Waals surface area contributed by atoms with Crippen LogP contribution in [0, 0.1) is 0 Å². The van der Waals surface area contributed by atoms with Crippen LogP contribution < -0.4 is 21.3 Å². The highest BCUT2D eigenvalue weighted by atomic mass is 16.4. The van der Waals surface area contributed by atoms with Crippen LogP contribution >= 0.6 is 0 Å². The molecule has 0 aromatic rings. The molecule has 0 aromatic heterocycles. The second-order valence-corrected chi connectivity index (χ2v) is 8.81. The molecule has 0 bridgehead atoms. The first-order valence-corrected chi connectivity index (χ1v) is 11.7. The molecule has 1 aliphatic heterocycles. The number of carbonyl (C=O) groups excluding carboxylic acids is 2. The van der Waals surface area contributed by atoms with E-state index in [2.05, 4.69) is 33.1 Å².